The van der Waals surface area contributed by atoms with Crippen molar-refractivity contribution in [3.05, 3.63) is 28.5 Å². The normalized spacial score (nSPS) is 10.2. The third-order valence-electron chi connectivity index (χ3n) is 2.22. The summed E-state index contributed by atoms with van der Waals surface area (Å²) in [6.07, 6.45) is 4.19. The van der Waals surface area contributed by atoms with Gasteiger partial charge in [-0.2, -0.15) is 0 Å². The maximum atomic E-state index is 11.9. The van der Waals surface area contributed by atoms with Crippen LogP contribution in [0.3, 0.4) is 0 Å². The molecule has 1 aromatic rings. The molecule has 0 saturated heterocycles. The van der Waals surface area contributed by atoms with Gasteiger partial charge in [0.15, 0.2) is 0 Å². The lowest BCUT2D eigenvalue weighted by atomic mass is 10.2. The fourth-order valence-electron chi connectivity index (χ4n) is 1.34. The monoisotopic (exact) mass is 285 g/mol. The minimum atomic E-state index is 0.00454. The van der Waals surface area contributed by atoms with Crippen molar-refractivity contribution in [3.63, 3.8) is 0 Å². The number of carbonyl (C=O) groups is 1. The molecule has 0 unspecified atom stereocenters. The van der Waals surface area contributed by atoms with Gasteiger partial charge in [-0.25, -0.2) is 0 Å². The summed E-state index contributed by atoms with van der Waals surface area (Å²) in [7, 11) is 3.71. The Morgan fingerprint density at radius 1 is 1.56 bits per heavy atom. The van der Waals surface area contributed by atoms with Gasteiger partial charge in [-0.05, 0) is 42.0 Å². The Bertz CT molecular complexity index is 357. The zero-order valence-corrected chi connectivity index (χ0v) is 11.1. The summed E-state index contributed by atoms with van der Waals surface area (Å²) in [5.74, 6) is 0.00454. The van der Waals surface area contributed by atoms with Gasteiger partial charge in [0, 0.05) is 30.5 Å². The van der Waals surface area contributed by atoms with Crippen LogP contribution in [-0.4, -0.2) is 43.0 Å². The summed E-state index contributed by atoms with van der Waals surface area (Å²) in [5.41, 5.74) is 0.612. The maximum Gasteiger partial charge on any atom is 0.255 e. The Balaban J connectivity index is 2.56. The van der Waals surface area contributed by atoms with Gasteiger partial charge in [0.2, 0.25) is 0 Å². The third-order valence-corrected chi connectivity index (χ3v) is 2.65. The van der Waals surface area contributed by atoms with Crippen LogP contribution in [0.2, 0.25) is 0 Å². The fourth-order valence-corrected chi connectivity index (χ4v) is 1.71. The molecule has 1 amide bonds. The molecule has 0 bridgehead atoms. The van der Waals surface area contributed by atoms with E-state index in [1.54, 1.807) is 30.4 Å². The summed E-state index contributed by atoms with van der Waals surface area (Å²) in [4.78, 5) is 17.6. The highest BCUT2D eigenvalue weighted by atomic mass is 79.9. The molecule has 5 heteroatoms. The van der Waals surface area contributed by atoms with Gasteiger partial charge in [0.05, 0.1) is 5.56 Å². The number of pyridine rings is 1. The van der Waals surface area contributed by atoms with Crippen LogP contribution in [0.15, 0.2) is 22.9 Å². The van der Waals surface area contributed by atoms with Gasteiger partial charge >= 0.3 is 0 Å². The van der Waals surface area contributed by atoms with E-state index in [1.165, 1.54) is 0 Å². The van der Waals surface area contributed by atoms with Gasteiger partial charge in [0.1, 0.15) is 0 Å². The molecule has 1 rings (SSSR count). The number of halogens is 1. The van der Waals surface area contributed by atoms with Crippen LogP contribution in [0.5, 0.6) is 0 Å². The van der Waals surface area contributed by atoms with E-state index in [0.717, 1.165) is 24.0 Å². The Kier molecular flexibility index (Phi) is 5.42. The van der Waals surface area contributed by atoms with Gasteiger partial charge in [0.25, 0.3) is 5.91 Å². The summed E-state index contributed by atoms with van der Waals surface area (Å²) < 4.78 is 0.821. The zero-order chi connectivity index (χ0) is 12.0. The molecule has 0 spiro atoms. The van der Waals surface area contributed by atoms with E-state index < -0.39 is 0 Å². The summed E-state index contributed by atoms with van der Waals surface area (Å²) in [6, 6.07) is 1.78. The largest absolute Gasteiger partial charge is 0.342 e. The molecule has 88 valence electrons. The van der Waals surface area contributed by atoms with Crippen molar-refractivity contribution >= 4 is 21.8 Å². The van der Waals surface area contributed by atoms with E-state index in [-0.39, 0.29) is 5.91 Å². The highest BCUT2D eigenvalue weighted by Crippen LogP contribution is 2.11. The third kappa shape index (κ3) is 3.90. The lowest BCUT2D eigenvalue weighted by Crippen LogP contribution is -2.29. The number of aromatic nitrogens is 1. The van der Waals surface area contributed by atoms with Crippen molar-refractivity contribution in [2.24, 2.45) is 0 Å². The van der Waals surface area contributed by atoms with Gasteiger partial charge < -0.3 is 10.2 Å². The number of nitrogens with zero attached hydrogens (tertiary/aromatic N) is 2. The lowest BCUT2D eigenvalue weighted by Gasteiger charge is -2.16. The Morgan fingerprint density at radius 3 is 2.94 bits per heavy atom. The van der Waals surface area contributed by atoms with Crippen molar-refractivity contribution < 1.29 is 4.79 Å². The molecule has 0 radical (unpaired) electrons. The number of rotatable bonds is 5. The molecule has 4 nitrogen and oxygen atoms in total. The van der Waals surface area contributed by atoms with Crippen LogP contribution in [0, 0.1) is 0 Å². The zero-order valence-electron chi connectivity index (χ0n) is 9.53. The smallest absolute Gasteiger partial charge is 0.255 e. The fraction of sp³-hybridized carbons (Fsp3) is 0.455. The highest BCUT2D eigenvalue weighted by Gasteiger charge is 2.11. The Morgan fingerprint density at radius 2 is 2.31 bits per heavy atom. The molecule has 0 fully saturated rings. The molecule has 16 heavy (non-hydrogen) atoms. The molecule has 1 N–H and O–H groups in total. The Labute approximate surface area is 104 Å². The van der Waals surface area contributed by atoms with E-state index in [4.69, 9.17) is 0 Å². The number of hydrogen-bond acceptors (Lipinski definition) is 3. The minimum Gasteiger partial charge on any atom is -0.342 e. The van der Waals surface area contributed by atoms with Crippen molar-refractivity contribution in [3.8, 4) is 0 Å². The predicted octanol–water partition coefficient (Wildman–Crippen LogP) is 1.53. The van der Waals surface area contributed by atoms with Crippen molar-refractivity contribution in [1.29, 1.82) is 0 Å². The SMILES string of the molecule is CNCCCN(C)C(=O)c1cncc(Br)c1. The second-order valence-electron chi connectivity index (χ2n) is 3.58. The quantitative estimate of drug-likeness (QED) is 0.835. The van der Waals surface area contributed by atoms with Crippen LogP contribution in [0.4, 0.5) is 0 Å². The Hall–Kier alpha value is -0.940. The second-order valence-corrected chi connectivity index (χ2v) is 4.49. The van der Waals surface area contributed by atoms with Crippen LogP contribution >= 0.6 is 15.9 Å². The first-order chi connectivity index (χ1) is 7.65. The number of amides is 1. The summed E-state index contributed by atoms with van der Waals surface area (Å²) >= 11 is 3.30. The molecule has 1 heterocycles. The van der Waals surface area contributed by atoms with Crippen molar-refractivity contribution in [2.75, 3.05) is 27.2 Å². The maximum absolute atomic E-state index is 11.9. The first-order valence-corrected chi connectivity index (χ1v) is 5.95. The van der Waals surface area contributed by atoms with Crippen LogP contribution in [0.25, 0.3) is 0 Å². The average molecular weight is 286 g/mol. The number of hydrogen-bond donors (Lipinski definition) is 1. The van der Waals surface area contributed by atoms with Gasteiger partial charge in [-0.3, -0.25) is 9.78 Å². The summed E-state index contributed by atoms with van der Waals surface area (Å²) in [5, 5.41) is 3.05. The first-order valence-electron chi connectivity index (χ1n) is 5.15. The molecule has 0 aliphatic heterocycles. The lowest BCUT2D eigenvalue weighted by molar-refractivity contribution is 0.0793. The first kappa shape index (κ1) is 13.1. The predicted molar refractivity (Wildman–Crippen MR) is 67.4 cm³/mol. The molecule has 0 atom stereocenters. The van der Waals surface area contributed by atoms with E-state index in [9.17, 15) is 4.79 Å². The van der Waals surface area contributed by atoms with Crippen molar-refractivity contribution in [1.82, 2.24) is 15.2 Å². The van der Waals surface area contributed by atoms with E-state index >= 15 is 0 Å². The topological polar surface area (TPSA) is 45.2 Å². The van der Waals surface area contributed by atoms with E-state index in [2.05, 4.69) is 26.2 Å². The molecule has 0 aliphatic carbocycles. The second kappa shape index (κ2) is 6.60. The number of carbonyl (C=O) groups excluding carboxylic acids is 1. The van der Waals surface area contributed by atoms with Crippen LogP contribution in [-0.2, 0) is 0 Å². The van der Waals surface area contributed by atoms with E-state index in [1.807, 2.05) is 7.05 Å². The molecule has 0 aromatic carbocycles. The van der Waals surface area contributed by atoms with Crippen LogP contribution < -0.4 is 5.32 Å². The molecular weight excluding hydrogens is 270 g/mol. The molecule has 1 aromatic heterocycles. The standard InChI is InChI=1S/C11H16BrN3O/c1-13-4-3-5-15(2)11(16)9-6-10(12)8-14-7-9/h6-8,13H,3-5H2,1-2H3. The van der Waals surface area contributed by atoms with Gasteiger partial charge in [-0.1, -0.05) is 0 Å². The molecule has 0 saturated carbocycles. The highest BCUT2D eigenvalue weighted by molar-refractivity contribution is 9.10. The van der Waals surface area contributed by atoms with Gasteiger partial charge in [-0.15, -0.1) is 0 Å². The molecular formula is C11H16BrN3O. The van der Waals surface area contributed by atoms with Crippen LogP contribution in [0.1, 0.15) is 16.8 Å². The van der Waals surface area contributed by atoms with Crippen molar-refractivity contribution in [2.45, 2.75) is 6.42 Å². The average Bonchev–Trinajstić information content (AvgIpc) is 2.28. The number of nitrogens with one attached hydrogen (secondary N) is 1. The molecule has 0 aliphatic rings. The van der Waals surface area contributed by atoms with E-state index in [0.29, 0.717) is 5.56 Å². The summed E-state index contributed by atoms with van der Waals surface area (Å²) in [6.45, 7) is 1.65. The minimum absolute atomic E-state index is 0.00454.